The lowest BCUT2D eigenvalue weighted by atomic mass is 9.90. The van der Waals surface area contributed by atoms with Gasteiger partial charge in [-0.05, 0) is 26.2 Å². The molecule has 0 radical (unpaired) electrons. The largest absolute Gasteiger partial charge is 0.381 e. The summed E-state index contributed by atoms with van der Waals surface area (Å²) in [7, 11) is 3.51. The molecule has 2 atom stereocenters. The number of carbonyl (C=O) groups is 1. The average molecular weight is 383 g/mol. The summed E-state index contributed by atoms with van der Waals surface area (Å²) in [6, 6.07) is 0. The van der Waals surface area contributed by atoms with Gasteiger partial charge in [-0.15, -0.1) is 0 Å². The first-order valence-corrected chi connectivity index (χ1v) is 10.1. The number of nitrogens with one attached hydrogen (secondary N) is 1. The second-order valence-corrected chi connectivity index (χ2v) is 8.04. The average Bonchev–Trinajstić information content (AvgIpc) is 3.34. The van der Waals surface area contributed by atoms with Gasteiger partial charge >= 0.3 is 0 Å². The highest BCUT2D eigenvalue weighted by Gasteiger charge is 2.42. The first-order chi connectivity index (χ1) is 13.0. The predicted molar refractivity (Wildman–Crippen MR) is 103 cm³/mol. The molecule has 3 aliphatic heterocycles. The van der Waals surface area contributed by atoms with E-state index in [9.17, 15) is 4.79 Å². The van der Waals surface area contributed by atoms with Crippen molar-refractivity contribution in [3.8, 4) is 0 Å². The molecule has 0 aromatic rings. The van der Waals surface area contributed by atoms with Crippen LogP contribution in [0.4, 0.5) is 0 Å². The van der Waals surface area contributed by atoms with Gasteiger partial charge in [0.05, 0.1) is 19.8 Å². The van der Waals surface area contributed by atoms with Crippen LogP contribution in [0, 0.1) is 11.8 Å². The molecule has 3 rings (SSSR count). The van der Waals surface area contributed by atoms with E-state index in [1.807, 2.05) is 6.92 Å². The Labute approximate surface area is 162 Å². The fourth-order valence-corrected chi connectivity index (χ4v) is 3.90. The van der Waals surface area contributed by atoms with E-state index in [4.69, 9.17) is 14.2 Å². The van der Waals surface area contributed by atoms with Crippen LogP contribution in [0.3, 0.4) is 0 Å². The smallest absolute Gasteiger partial charge is 0.243 e. The van der Waals surface area contributed by atoms with Gasteiger partial charge in [-0.3, -0.25) is 4.79 Å². The van der Waals surface area contributed by atoms with Gasteiger partial charge in [0, 0.05) is 52.2 Å². The second kappa shape index (κ2) is 9.21. The highest BCUT2D eigenvalue weighted by atomic mass is 16.7. The zero-order valence-electron chi connectivity index (χ0n) is 16.9. The molecule has 0 aromatic carbocycles. The minimum atomic E-state index is -0.511. The molecule has 0 aromatic heterocycles. The van der Waals surface area contributed by atoms with Gasteiger partial charge in [0.15, 0.2) is 11.7 Å². The van der Waals surface area contributed by atoms with E-state index in [2.05, 4.69) is 15.2 Å². The zero-order valence-corrected chi connectivity index (χ0v) is 16.9. The summed E-state index contributed by atoms with van der Waals surface area (Å²) in [4.78, 5) is 20.5. The fourth-order valence-electron chi connectivity index (χ4n) is 3.90. The Balaban J connectivity index is 1.65. The molecule has 3 fully saturated rings. The van der Waals surface area contributed by atoms with Crippen molar-refractivity contribution in [1.82, 2.24) is 15.1 Å². The summed E-state index contributed by atoms with van der Waals surface area (Å²) in [6.45, 7) is 7.70. The number of aliphatic imine (C=N–C) groups is 1. The van der Waals surface area contributed by atoms with Crippen molar-refractivity contribution in [2.45, 2.75) is 32.0 Å². The molecule has 0 aliphatic carbocycles. The Morgan fingerprint density at radius 2 is 2.04 bits per heavy atom. The third-order valence-corrected chi connectivity index (χ3v) is 5.76. The molecule has 8 heteroatoms. The minimum Gasteiger partial charge on any atom is -0.381 e. The summed E-state index contributed by atoms with van der Waals surface area (Å²) < 4.78 is 17.3. The number of guanidine groups is 1. The quantitative estimate of drug-likeness (QED) is 0.552. The number of likely N-dealkylation sites (tertiary alicyclic amines) is 1. The third-order valence-electron chi connectivity index (χ3n) is 5.76. The predicted octanol–water partition coefficient (Wildman–Crippen LogP) is 0.532. The maximum absolute atomic E-state index is 12.0. The topological polar surface area (TPSA) is 75.6 Å². The van der Waals surface area contributed by atoms with E-state index in [0.717, 1.165) is 58.1 Å². The van der Waals surface area contributed by atoms with E-state index in [-0.39, 0.29) is 12.5 Å². The minimum absolute atomic E-state index is 0.00137. The molecule has 0 saturated carbocycles. The van der Waals surface area contributed by atoms with Crippen LogP contribution in [0.2, 0.25) is 0 Å². The van der Waals surface area contributed by atoms with Crippen molar-refractivity contribution >= 4 is 11.9 Å². The summed E-state index contributed by atoms with van der Waals surface area (Å²) in [5.41, 5.74) is 0. The number of likely N-dealkylation sites (N-methyl/N-ethyl adjacent to an activating group) is 1. The third kappa shape index (κ3) is 5.33. The monoisotopic (exact) mass is 382 g/mol. The van der Waals surface area contributed by atoms with E-state index < -0.39 is 5.79 Å². The first kappa shape index (κ1) is 20.4. The van der Waals surface area contributed by atoms with Crippen LogP contribution in [-0.4, -0.2) is 94.2 Å². The van der Waals surface area contributed by atoms with Crippen molar-refractivity contribution < 1.29 is 19.0 Å². The molecule has 0 bridgehead atoms. The standard InChI is InChI=1S/C19H34N4O4/c1-19(26-9-10-27-19)16-5-4-7-23(13-16)18(21-12-17(24)22(2)3)20-11-15-6-8-25-14-15/h15-16H,4-14H2,1-3H3,(H,20,21). The van der Waals surface area contributed by atoms with E-state index >= 15 is 0 Å². The van der Waals surface area contributed by atoms with Crippen LogP contribution in [0.25, 0.3) is 0 Å². The number of hydrogen-bond acceptors (Lipinski definition) is 5. The van der Waals surface area contributed by atoms with Crippen LogP contribution in [0.5, 0.6) is 0 Å². The number of rotatable bonds is 5. The molecular weight excluding hydrogens is 348 g/mol. The SMILES string of the molecule is CN(C)C(=O)CN=C(NCC1CCOC1)N1CCCC(C2(C)OCCO2)C1. The number of ether oxygens (including phenoxy) is 3. The maximum atomic E-state index is 12.0. The Morgan fingerprint density at radius 1 is 1.26 bits per heavy atom. The number of amides is 1. The normalized spacial score (nSPS) is 28.4. The van der Waals surface area contributed by atoms with Crippen LogP contribution >= 0.6 is 0 Å². The molecule has 0 spiro atoms. The van der Waals surface area contributed by atoms with Crippen LogP contribution in [0.15, 0.2) is 4.99 Å². The molecule has 3 saturated heterocycles. The number of hydrogen-bond donors (Lipinski definition) is 1. The van der Waals surface area contributed by atoms with E-state index in [1.165, 1.54) is 0 Å². The van der Waals surface area contributed by atoms with Crippen LogP contribution < -0.4 is 5.32 Å². The Bertz CT molecular complexity index is 528. The molecule has 3 aliphatic rings. The maximum Gasteiger partial charge on any atom is 0.243 e. The molecule has 2 unspecified atom stereocenters. The second-order valence-electron chi connectivity index (χ2n) is 8.04. The molecular formula is C19H34N4O4. The molecule has 3 heterocycles. The first-order valence-electron chi connectivity index (χ1n) is 10.1. The lowest BCUT2D eigenvalue weighted by Gasteiger charge is -2.41. The summed E-state index contributed by atoms with van der Waals surface area (Å²) in [5.74, 6) is 1.09. The summed E-state index contributed by atoms with van der Waals surface area (Å²) in [5, 5.41) is 3.49. The van der Waals surface area contributed by atoms with Crippen molar-refractivity contribution in [3.63, 3.8) is 0 Å². The Kier molecular flexibility index (Phi) is 6.94. The number of piperidine rings is 1. The summed E-state index contributed by atoms with van der Waals surface area (Å²) in [6.07, 6.45) is 3.20. The zero-order chi connectivity index (χ0) is 19.3. The molecule has 1 N–H and O–H groups in total. The van der Waals surface area contributed by atoms with Gasteiger partial charge in [-0.1, -0.05) is 0 Å². The van der Waals surface area contributed by atoms with E-state index in [0.29, 0.717) is 25.0 Å². The van der Waals surface area contributed by atoms with Crippen molar-refractivity contribution in [2.24, 2.45) is 16.8 Å². The molecule has 8 nitrogen and oxygen atoms in total. The Morgan fingerprint density at radius 3 is 2.70 bits per heavy atom. The number of nitrogens with zero attached hydrogens (tertiary/aromatic N) is 3. The lowest BCUT2D eigenvalue weighted by molar-refractivity contribution is -0.189. The van der Waals surface area contributed by atoms with Crippen molar-refractivity contribution in [3.05, 3.63) is 0 Å². The summed E-state index contributed by atoms with van der Waals surface area (Å²) >= 11 is 0. The highest BCUT2D eigenvalue weighted by Crippen LogP contribution is 2.34. The van der Waals surface area contributed by atoms with Gasteiger partial charge in [0.2, 0.25) is 5.91 Å². The van der Waals surface area contributed by atoms with E-state index in [1.54, 1.807) is 19.0 Å². The van der Waals surface area contributed by atoms with Gasteiger partial charge in [-0.2, -0.15) is 0 Å². The highest BCUT2D eigenvalue weighted by molar-refractivity contribution is 5.85. The number of carbonyl (C=O) groups excluding carboxylic acids is 1. The fraction of sp³-hybridized carbons (Fsp3) is 0.895. The van der Waals surface area contributed by atoms with Crippen molar-refractivity contribution in [1.29, 1.82) is 0 Å². The van der Waals surface area contributed by atoms with Crippen LogP contribution in [-0.2, 0) is 19.0 Å². The Hall–Kier alpha value is -1.38. The lowest BCUT2D eigenvalue weighted by Crippen LogP contribution is -2.52. The van der Waals surface area contributed by atoms with Gasteiger partial charge < -0.3 is 29.3 Å². The van der Waals surface area contributed by atoms with Crippen LogP contribution in [0.1, 0.15) is 26.2 Å². The molecule has 154 valence electrons. The van der Waals surface area contributed by atoms with Gasteiger partial charge in [-0.25, -0.2) is 4.99 Å². The molecule has 1 amide bonds. The molecule has 27 heavy (non-hydrogen) atoms. The van der Waals surface area contributed by atoms with Gasteiger partial charge in [0.25, 0.3) is 0 Å². The van der Waals surface area contributed by atoms with Gasteiger partial charge in [0.1, 0.15) is 6.54 Å². The van der Waals surface area contributed by atoms with Crippen molar-refractivity contribution in [2.75, 3.05) is 66.7 Å².